The van der Waals surface area contributed by atoms with E-state index in [0.717, 1.165) is 5.69 Å². The SMILES string of the molecule is Cc1occc1C(=O)N1CCC2(CC1)CN(c1cccnc1)C(=O)CO2. The average molecular weight is 355 g/mol. The van der Waals surface area contributed by atoms with Gasteiger partial charge >= 0.3 is 0 Å². The molecule has 0 bridgehead atoms. The molecule has 0 aliphatic carbocycles. The van der Waals surface area contributed by atoms with E-state index >= 15 is 0 Å². The first-order valence-corrected chi connectivity index (χ1v) is 8.76. The minimum absolute atomic E-state index is 0.0119. The molecule has 7 nitrogen and oxygen atoms in total. The number of hydrogen-bond acceptors (Lipinski definition) is 5. The van der Waals surface area contributed by atoms with Gasteiger partial charge in [-0.1, -0.05) is 0 Å². The van der Waals surface area contributed by atoms with Gasteiger partial charge in [-0.2, -0.15) is 0 Å². The van der Waals surface area contributed by atoms with Crippen molar-refractivity contribution in [1.82, 2.24) is 9.88 Å². The summed E-state index contributed by atoms with van der Waals surface area (Å²) in [6.07, 6.45) is 6.30. The van der Waals surface area contributed by atoms with Crippen LogP contribution in [0, 0.1) is 6.92 Å². The summed E-state index contributed by atoms with van der Waals surface area (Å²) >= 11 is 0. The molecule has 2 fully saturated rings. The van der Waals surface area contributed by atoms with Crippen LogP contribution in [0.4, 0.5) is 5.69 Å². The van der Waals surface area contributed by atoms with E-state index in [1.54, 1.807) is 30.3 Å². The Morgan fingerprint density at radius 2 is 2.08 bits per heavy atom. The third-order valence-electron chi connectivity index (χ3n) is 5.26. The lowest BCUT2D eigenvalue weighted by atomic mass is 9.88. The second-order valence-electron chi connectivity index (χ2n) is 6.85. The maximum Gasteiger partial charge on any atom is 0.257 e. The van der Waals surface area contributed by atoms with Gasteiger partial charge in [0.05, 0.1) is 35.9 Å². The Hall–Kier alpha value is -2.67. The predicted octanol–water partition coefficient (Wildman–Crippen LogP) is 2.02. The molecule has 2 saturated heterocycles. The molecular weight excluding hydrogens is 334 g/mol. The molecule has 0 radical (unpaired) electrons. The summed E-state index contributed by atoms with van der Waals surface area (Å²) in [5.74, 6) is 0.566. The molecule has 26 heavy (non-hydrogen) atoms. The third-order valence-corrected chi connectivity index (χ3v) is 5.26. The number of amides is 2. The van der Waals surface area contributed by atoms with Crippen LogP contribution in [0.5, 0.6) is 0 Å². The molecule has 4 heterocycles. The highest BCUT2D eigenvalue weighted by atomic mass is 16.5. The Balaban J connectivity index is 1.45. The van der Waals surface area contributed by atoms with Crippen LogP contribution >= 0.6 is 0 Å². The molecule has 0 atom stereocenters. The molecule has 0 saturated carbocycles. The summed E-state index contributed by atoms with van der Waals surface area (Å²) in [5, 5.41) is 0. The Morgan fingerprint density at radius 1 is 1.27 bits per heavy atom. The smallest absolute Gasteiger partial charge is 0.257 e. The molecule has 0 aromatic carbocycles. The number of morpholine rings is 1. The van der Waals surface area contributed by atoms with E-state index in [9.17, 15) is 9.59 Å². The number of pyridine rings is 1. The molecule has 2 aromatic rings. The topological polar surface area (TPSA) is 75.9 Å². The van der Waals surface area contributed by atoms with Gasteiger partial charge in [-0.3, -0.25) is 14.6 Å². The maximum atomic E-state index is 12.6. The normalized spacial score (nSPS) is 19.8. The molecule has 4 rings (SSSR count). The summed E-state index contributed by atoms with van der Waals surface area (Å²) in [5.41, 5.74) is 0.983. The van der Waals surface area contributed by atoms with Gasteiger partial charge in [0.25, 0.3) is 11.8 Å². The zero-order chi connectivity index (χ0) is 18.1. The van der Waals surface area contributed by atoms with Crippen molar-refractivity contribution in [1.29, 1.82) is 0 Å². The minimum atomic E-state index is -0.411. The first kappa shape index (κ1) is 16.8. The maximum absolute atomic E-state index is 12.6. The lowest BCUT2D eigenvalue weighted by molar-refractivity contribution is -0.143. The number of furan rings is 1. The first-order valence-electron chi connectivity index (χ1n) is 8.76. The number of piperidine rings is 1. The number of ether oxygens (including phenoxy) is 1. The number of aryl methyl sites for hydroxylation is 1. The van der Waals surface area contributed by atoms with Crippen LogP contribution in [-0.4, -0.2) is 53.5 Å². The summed E-state index contributed by atoms with van der Waals surface area (Å²) < 4.78 is 11.2. The molecular formula is C19H21N3O4. The lowest BCUT2D eigenvalue weighted by Gasteiger charge is -2.46. The van der Waals surface area contributed by atoms with E-state index in [-0.39, 0.29) is 18.4 Å². The van der Waals surface area contributed by atoms with E-state index < -0.39 is 5.60 Å². The second kappa shape index (κ2) is 6.57. The molecule has 2 aliphatic rings. The van der Waals surface area contributed by atoms with Crippen molar-refractivity contribution in [3.05, 3.63) is 48.2 Å². The molecule has 1 spiro atoms. The molecule has 136 valence electrons. The summed E-state index contributed by atoms with van der Waals surface area (Å²) in [7, 11) is 0. The predicted molar refractivity (Wildman–Crippen MR) is 93.9 cm³/mol. The van der Waals surface area contributed by atoms with Gasteiger partial charge in [0.2, 0.25) is 0 Å². The molecule has 2 amide bonds. The zero-order valence-corrected chi connectivity index (χ0v) is 14.7. The van der Waals surface area contributed by atoms with Gasteiger partial charge in [0, 0.05) is 19.3 Å². The molecule has 0 unspecified atom stereocenters. The quantitative estimate of drug-likeness (QED) is 0.824. The molecule has 7 heteroatoms. The second-order valence-corrected chi connectivity index (χ2v) is 6.85. The zero-order valence-electron chi connectivity index (χ0n) is 14.7. The van der Waals surface area contributed by atoms with Crippen LogP contribution < -0.4 is 4.90 Å². The summed E-state index contributed by atoms with van der Waals surface area (Å²) in [4.78, 5) is 32.6. The Labute approximate surface area is 151 Å². The number of anilines is 1. The van der Waals surface area contributed by atoms with Crippen LogP contribution in [0.2, 0.25) is 0 Å². The summed E-state index contributed by atoms with van der Waals surface area (Å²) in [6, 6.07) is 5.41. The van der Waals surface area contributed by atoms with Crippen LogP contribution in [0.1, 0.15) is 29.0 Å². The van der Waals surface area contributed by atoms with Crippen molar-refractivity contribution in [2.75, 3.05) is 31.1 Å². The van der Waals surface area contributed by atoms with Crippen molar-refractivity contribution < 1.29 is 18.7 Å². The van der Waals surface area contributed by atoms with Gasteiger partial charge < -0.3 is 19.0 Å². The van der Waals surface area contributed by atoms with Gasteiger partial charge in [-0.25, -0.2) is 0 Å². The summed E-state index contributed by atoms with van der Waals surface area (Å²) in [6.45, 7) is 3.53. The highest BCUT2D eigenvalue weighted by Crippen LogP contribution is 2.33. The van der Waals surface area contributed by atoms with Crippen LogP contribution in [0.15, 0.2) is 41.3 Å². The molecule has 2 aliphatic heterocycles. The van der Waals surface area contributed by atoms with E-state index in [1.165, 1.54) is 6.26 Å². The molecule has 2 aromatic heterocycles. The van der Waals surface area contributed by atoms with Gasteiger partial charge in [0.1, 0.15) is 12.4 Å². The van der Waals surface area contributed by atoms with Crippen molar-refractivity contribution in [2.24, 2.45) is 0 Å². The largest absolute Gasteiger partial charge is 0.469 e. The highest BCUT2D eigenvalue weighted by molar-refractivity contribution is 5.96. The molecule has 0 N–H and O–H groups in total. The highest BCUT2D eigenvalue weighted by Gasteiger charge is 2.43. The third kappa shape index (κ3) is 2.99. The van der Waals surface area contributed by atoms with Gasteiger partial charge in [0.15, 0.2) is 0 Å². The van der Waals surface area contributed by atoms with Crippen molar-refractivity contribution in [2.45, 2.75) is 25.4 Å². The van der Waals surface area contributed by atoms with E-state index in [4.69, 9.17) is 9.15 Å². The number of hydrogen-bond donors (Lipinski definition) is 0. The Bertz CT molecular complexity index is 809. The van der Waals surface area contributed by atoms with Crippen molar-refractivity contribution in [3.63, 3.8) is 0 Å². The van der Waals surface area contributed by atoms with E-state index in [1.807, 2.05) is 17.0 Å². The van der Waals surface area contributed by atoms with Gasteiger partial charge in [-0.15, -0.1) is 0 Å². The van der Waals surface area contributed by atoms with Crippen LogP contribution in [0.25, 0.3) is 0 Å². The first-order chi connectivity index (χ1) is 12.6. The number of aromatic nitrogens is 1. The van der Waals surface area contributed by atoms with Gasteiger partial charge in [-0.05, 0) is 38.0 Å². The number of carbonyl (C=O) groups excluding carboxylic acids is 2. The standard InChI is InChI=1S/C19H21N3O4/c1-14-16(4-10-25-14)18(24)21-8-5-19(6-9-21)13-22(17(23)12-26-19)15-3-2-7-20-11-15/h2-4,7,10-11H,5-6,8-9,12-13H2,1H3. The number of rotatable bonds is 2. The fourth-order valence-corrected chi connectivity index (χ4v) is 3.66. The van der Waals surface area contributed by atoms with Crippen molar-refractivity contribution in [3.8, 4) is 0 Å². The monoisotopic (exact) mass is 355 g/mol. The minimum Gasteiger partial charge on any atom is -0.469 e. The lowest BCUT2D eigenvalue weighted by Crippen LogP contribution is -2.59. The average Bonchev–Trinajstić information content (AvgIpc) is 3.11. The number of carbonyl (C=O) groups is 2. The Kier molecular flexibility index (Phi) is 4.24. The van der Waals surface area contributed by atoms with Crippen LogP contribution in [-0.2, 0) is 9.53 Å². The fourth-order valence-electron chi connectivity index (χ4n) is 3.66. The Morgan fingerprint density at radius 3 is 2.73 bits per heavy atom. The number of nitrogens with zero attached hydrogens (tertiary/aromatic N) is 3. The van der Waals surface area contributed by atoms with E-state index in [2.05, 4.69) is 4.98 Å². The fraction of sp³-hybridized carbons (Fsp3) is 0.421. The number of likely N-dealkylation sites (tertiary alicyclic amines) is 1. The van der Waals surface area contributed by atoms with Crippen LogP contribution in [0.3, 0.4) is 0 Å². The van der Waals surface area contributed by atoms with E-state index in [0.29, 0.717) is 43.8 Å². The van der Waals surface area contributed by atoms with Crippen molar-refractivity contribution >= 4 is 17.5 Å².